The summed E-state index contributed by atoms with van der Waals surface area (Å²) in [5, 5.41) is 2.68. The molecule has 0 saturated heterocycles. The zero-order valence-corrected chi connectivity index (χ0v) is 15.5. The monoisotopic (exact) mass is 351 g/mol. The number of carbonyl (C=O) groups is 2. The molecule has 0 atom stereocenters. The summed E-state index contributed by atoms with van der Waals surface area (Å²) in [5.74, 6) is 0.535. The summed E-state index contributed by atoms with van der Waals surface area (Å²) >= 11 is 0. The van der Waals surface area contributed by atoms with Gasteiger partial charge in [-0.2, -0.15) is 0 Å². The Hall–Kier alpha value is -2.70. The van der Waals surface area contributed by atoms with E-state index in [9.17, 15) is 9.59 Å². The average Bonchev–Trinajstić information content (AvgIpc) is 2.55. The largest absolute Gasteiger partial charge is 0.493 e. The molecule has 0 aliphatic rings. The van der Waals surface area contributed by atoms with E-state index in [0.717, 1.165) is 5.56 Å². The maximum absolute atomic E-state index is 11.9. The lowest BCUT2D eigenvalue weighted by atomic mass is 10.1. The van der Waals surface area contributed by atoms with E-state index in [1.54, 1.807) is 39.0 Å². The molecule has 0 aliphatic carbocycles. The molecule has 138 valence electrons. The van der Waals surface area contributed by atoms with Gasteiger partial charge in [0.25, 0.3) is 0 Å². The number of amides is 1. The number of carbonyl (C=O) groups excluding carboxylic acids is 2. The van der Waals surface area contributed by atoms with Crippen LogP contribution in [0.4, 0.5) is 4.79 Å². The zero-order valence-electron chi connectivity index (χ0n) is 15.5. The van der Waals surface area contributed by atoms with Crippen molar-refractivity contribution in [3.8, 4) is 11.5 Å². The first-order valence-electron chi connectivity index (χ1n) is 7.68. The van der Waals surface area contributed by atoms with Crippen molar-refractivity contribution in [2.75, 3.05) is 21.3 Å². The van der Waals surface area contributed by atoms with Gasteiger partial charge in [0, 0.05) is 12.6 Å². The number of esters is 1. The highest BCUT2D eigenvalue weighted by Gasteiger charge is 2.17. The van der Waals surface area contributed by atoms with E-state index in [4.69, 9.17) is 14.2 Å². The highest BCUT2D eigenvalue weighted by atomic mass is 16.6. The first kappa shape index (κ1) is 20.3. The lowest BCUT2D eigenvalue weighted by Gasteiger charge is -2.20. The van der Waals surface area contributed by atoms with Crippen LogP contribution in [0, 0.1) is 0 Å². The number of ether oxygens (including phenoxy) is 4. The summed E-state index contributed by atoms with van der Waals surface area (Å²) in [7, 11) is 4.34. The Morgan fingerprint density at radius 2 is 1.68 bits per heavy atom. The summed E-state index contributed by atoms with van der Waals surface area (Å²) < 4.78 is 20.4. The van der Waals surface area contributed by atoms with Crippen LogP contribution >= 0.6 is 0 Å². The predicted molar refractivity (Wildman–Crippen MR) is 93.7 cm³/mol. The Kier molecular flexibility index (Phi) is 7.29. The normalized spacial score (nSPS) is 11.1. The van der Waals surface area contributed by atoms with Crippen LogP contribution in [-0.4, -0.2) is 39.0 Å². The Morgan fingerprint density at radius 3 is 2.20 bits per heavy atom. The molecule has 0 bridgehead atoms. The van der Waals surface area contributed by atoms with E-state index >= 15 is 0 Å². The molecule has 1 aromatic rings. The quantitative estimate of drug-likeness (QED) is 0.627. The molecule has 1 N–H and O–H groups in total. The van der Waals surface area contributed by atoms with Crippen LogP contribution in [-0.2, 0) is 20.8 Å². The second-order valence-electron chi connectivity index (χ2n) is 6.12. The van der Waals surface area contributed by atoms with E-state index < -0.39 is 17.7 Å². The van der Waals surface area contributed by atoms with E-state index in [1.165, 1.54) is 27.4 Å². The molecule has 0 aromatic heterocycles. The average molecular weight is 351 g/mol. The molecule has 0 unspecified atom stereocenters. The molecule has 0 aliphatic heterocycles. The molecular formula is C18H25NO6. The Labute approximate surface area is 147 Å². The number of benzene rings is 1. The van der Waals surface area contributed by atoms with Crippen molar-refractivity contribution in [1.82, 2.24) is 5.32 Å². The van der Waals surface area contributed by atoms with Crippen LogP contribution in [0.3, 0.4) is 0 Å². The predicted octanol–water partition coefficient (Wildman–Crippen LogP) is 2.91. The number of rotatable bonds is 6. The molecule has 25 heavy (non-hydrogen) atoms. The SMILES string of the molecule is COC(=O)/C=C/c1cc(OC)c(OC)cc1CNC(=O)OC(C)(C)C. The van der Waals surface area contributed by atoms with Crippen LogP contribution in [0.25, 0.3) is 6.08 Å². The van der Waals surface area contributed by atoms with Gasteiger partial charge in [-0.1, -0.05) is 0 Å². The van der Waals surface area contributed by atoms with E-state index in [2.05, 4.69) is 10.1 Å². The van der Waals surface area contributed by atoms with Gasteiger partial charge in [-0.3, -0.25) is 0 Å². The van der Waals surface area contributed by atoms with Crippen LogP contribution in [0.15, 0.2) is 18.2 Å². The molecule has 7 nitrogen and oxygen atoms in total. The summed E-state index contributed by atoms with van der Waals surface area (Å²) in [5.41, 5.74) is 0.817. The highest BCUT2D eigenvalue weighted by Crippen LogP contribution is 2.31. The molecule has 0 saturated carbocycles. The molecule has 1 rings (SSSR count). The van der Waals surface area contributed by atoms with Crippen molar-refractivity contribution < 1.29 is 28.5 Å². The lowest BCUT2D eigenvalue weighted by Crippen LogP contribution is -2.32. The van der Waals surface area contributed by atoms with Crippen molar-refractivity contribution in [2.45, 2.75) is 32.9 Å². The summed E-state index contributed by atoms with van der Waals surface area (Å²) in [4.78, 5) is 23.2. The number of hydrogen-bond donors (Lipinski definition) is 1. The lowest BCUT2D eigenvalue weighted by molar-refractivity contribution is -0.134. The maximum atomic E-state index is 11.9. The van der Waals surface area contributed by atoms with Crippen LogP contribution in [0.2, 0.25) is 0 Å². The fraction of sp³-hybridized carbons (Fsp3) is 0.444. The third kappa shape index (κ3) is 6.74. The van der Waals surface area contributed by atoms with Gasteiger partial charge >= 0.3 is 12.1 Å². The summed E-state index contributed by atoms with van der Waals surface area (Å²) in [6.07, 6.45) is 2.34. The fourth-order valence-corrected chi connectivity index (χ4v) is 1.95. The first-order valence-corrected chi connectivity index (χ1v) is 7.68. The maximum Gasteiger partial charge on any atom is 0.407 e. The Bertz CT molecular complexity index is 646. The summed E-state index contributed by atoms with van der Waals surface area (Å²) in [6, 6.07) is 3.44. The zero-order chi connectivity index (χ0) is 19.0. The molecule has 1 amide bonds. The van der Waals surface area contributed by atoms with Gasteiger partial charge in [-0.05, 0) is 50.1 Å². The van der Waals surface area contributed by atoms with E-state index in [0.29, 0.717) is 17.1 Å². The standard InChI is InChI=1S/C18H25NO6/c1-18(2,3)25-17(21)19-11-13-10-15(23-5)14(22-4)9-12(13)7-8-16(20)24-6/h7-10H,11H2,1-6H3,(H,19,21)/b8-7+. The van der Waals surface area contributed by atoms with Crippen molar-refractivity contribution >= 4 is 18.1 Å². The number of alkyl carbamates (subject to hydrolysis) is 1. The molecule has 0 spiro atoms. The van der Waals surface area contributed by atoms with Crippen molar-refractivity contribution in [1.29, 1.82) is 0 Å². The van der Waals surface area contributed by atoms with Crippen molar-refractivity contribution in [3.05, 3.63) is 29.3 Å². The van der Waals surface area contributed by atoms with E-state index in [-0.39, 0.29) is 6.54 Å². The molecule has 7 heteroatoms. The molecule has 0 fully saturated rings. The summed E-state index contributed by atoms with van der Waals surface area (Å²) in [6.45, 7) is 5.55. The first-order chi connectivity index (χ1) is 11.7. The number of methoxy groups -OCH3 is 3. The smallest absolute Gasteiger partial charge is 0.407 e. The van der Waals surface area contributed by atoms with Crippen LogP contribution in [0.1, 0.15) is 31.9 Å². The van der Waals surface area contributed by atoms with Crippen LogP contribution < -0.4 is 14.8 Å². The minimum atomic E-state index is -0.588. The van der Waals surface area contributed by atoms with Gasteiger partial charge in [0.2, 0.25) is 0 Å². The molecular weight excluding hydrogens is 326 g/mol. The van der Waals surface area contributed by atoms with Gasteiger partial charge < -0.3 is 24.3 Å². The number of hydrogen-bond acceptors (Lipinski definition) is 6. The van der Waals surface area contributed by atoms with Crippen molar-refractivity contribution in [2.24, 2.45) is 0 Å². The Balaban J connectivity index is 3.07. The second-order valence-corrected chi connectivity index (χ2v) is 6.12. The van der Waals surface area contributed by atoms with E-state index in [1.807, 2.05) is 0 Å². The number of nitrogens with one attached hydrogen (secondary N) is 1. The van der Waals surface area contributed by atoms with Gasteiger partial charge in [0.15, 0.2) is 11.5 Å². The fourth-order valence-electron chi connectivity index (χ4n) is 1.95. The highest BCUT2D eigenvalue weighted by molar-refractivity contribution is 5.87. The molecule has 0 radical (unpaired) electrons. The van der Waals surface area contributed by atoms with Crippen molar-refractivity contribution in [3.63, 3.8) is 0 Å². The third-order valence-corrected chi connectivity index (χ3v) is 3.07. The van der Waals surface area contributed by atoms with Gasteiger partial charge in [0.1, 0.15) is 5.60 Å². The molecule has 0 heterocycles. The van der Waals surface area contributed by atoms with Gasteiger partial charge in [-0.15, -0.1) is 0 Å². The second kappa shape index (κ2) is 8.96. The third-order valence-electron chi connectivity index (χ3n) is 3.07. The van der Waals surface area contributed by atoms with Gasteiger partial charge in [0.05, 0.1) is 21.3 Å². The Morgan fingerprint density at radius 1 is 1.08 bits per heavy atom. The van der Waals surface area contributed by atoms with Gasteiger partial charge in [-0.25, -0.2) is 9.59 Å². The topological polar surface area (TPSA) is 83.1 Å². The molecule has 1 aromatic carbocycles. The minimum Gasteiger partial charge on any atom is -0.493 e. The minimum absolute atomic E-state index is 0.191. The van der Waals surface area contributed by atoms with Crippen LogP contribution in [0.5, 0.6) is 11.5 Å².